The number of halogens is 1. The van der Waals surface area contributed by atoms with Crippen molar-refractivity contribution in [3.05, 3.63) is 35.5 Å². The lowest BCUT2D eigenvalue weighted by Crippen LogP contribution is -2.31. The Morgan fingerprint density at radius 1 is 1.22 bits per heavy atom. The Hall–Kier alpha value is -2.52. The van der Waals surface area contributed by atoms with Crippen LogP contribution in [0.5, 0.6) is 5.75 Å². The van der Waals surface area contributed by atoms with Gasteiger partial charge in [0.1, 0.15) is 11.6 Å². The van der Waals surface area contributed by atoms with Crippen LogP contribution in [0.25, 0.3) is 11.0 Å². The molecule has 1 saturated heterocycles. The molecular weight excluding hydrogens is 448 g/mol. The van der Waals surface area contributed by atoms with Crippen LogP contribution in [-0.4, -0.2) is 57.1 Å². The van der Waals surface area contributed by atoms with E-state index < -0.39 is 0 Å². The number of ether oxygens (including phenoxy) is 1. The quantitative estimate of drug-likeness (QED) is 0.373. The molecule has 0 unspecified atom stereocenters. The summed E-state index contributed by atoms with van der Waals surface area (Å²) < 4.78 is 7.32. The number of aromatic nitrogens is 4. The van der Waals surface area contributed by atoms with E-state index in [9.17, 15) is 4.79 Å². The first-order valence-corrected chi connectivity index (χ1v) is 12.1. The van der Waals surface area contributed by atoms with Crippen LogP contribution in [0.4, 0.5) is 5.82 Å². The number of carbonyl (C=O) groups is 1. The Morgan fingerprint density at radius 2 is 1.97 bits per heavy atom. The highest BCUT2D eigenvalue weighted by Crippen LogP contribution is 2.30. The number of benzene rings is 1. The molecule has 1 aromatic carbocycles. The zero-order chi connectivity index (χ0) is 22.5. The van der Waals surface area contributed by atoms with Crippen LogP contribution >= 0.6 is 23.4 Å². The fourth-order valence-corrected chi connectivity index (χ4v) is 4.38. The second-order valence-electron chi connectivity index (χ2n) is 7.89. The molecule has 1 N–H and O–H groups in total. The fourth-order valence-electron chi connectivity index (χ4n) is 3.55. The number of thioether (sulfide) groups is 1. The highest BCUT2D eigenvalue weighted by molar-refractivity contribution is 7.99. The molecule has 1 aliphatic rings. The summed E-state index contributed by atoms with van der Waals surface area (Å²) in [5.74, 6) is 1.37. The third kappa shape index (κ3) is 5.63. The van der Waals surface area contributed by atoms with Crippen molar-refractivity contribution in [2.75, 3.05) is 31.1 Å². The van der Waals surface area contributed by atoms with Crippen LogP contribution in [0, 0.1) is 0 Å². The molecule has 2 aromatic heterocycles. The summed E-state index contributed by atoms with van der Waals surface area (Å²) in [6.45, 7) is 7.16. The summed E-state index contributed by atoms with van der Waals surface area (Å²) >= 11 is 7.51. The molecule has 1 amide bonds. The van der Waals surface area contributed by atoms with Gasteiger partial charge in [-0.2, -0.15) is 5.10 Å². The molecule has 32 heavy (non-hydrogen) atoms. The normalized spacial score (nSPS) is 13.8. The van der Waals surface area contributed by atoms with Crippen LogP contribution in [-0.2, 0) is 11.3 Å². The summed E-state index contributed by atoms with van der Waals surface area (Å²) in [5, 5.41) is 10.1. The molecule has 1 aliphatic heterocycles. The predicted molar refractivity (Wildman–Crippen MR) is 128 cm³/mol. The number of carbonyl (C=O) groups excluding carboxylic acids is 1. The van der Waals surface area contributed by atoms with E-state index in [1.165, 1.54) is 12.8 Å². The Bertz CT molecular complexity index is 1070. The van der Waals surface area contributed by atoms with Gasteiger partial charge in [0.25, 0.3) is 5.91 Å². The van der Waals surface area contributed by atoms with Crippen molar-refractivity contribution < 1.29 is 9.53 Å². The highest BCUT2D eigenvalue weighted by Gasteiger charge is 2.21. The lowest BCUT2D eigenvalue weighted by molar-refractivity contribution is -0.123. The van der Waals surface area contributed by atoms with E-state index in [4.69, 9.17) is 26.3 Å². The van der Waals surface area contributed by atoms with Gasteiger partial charge in [-0.15, -0.1) is 0 Å². The molecule has 3 heterocycles. The molecule has 0 radical (unpaired) electrons. The van der Waals surface area contributed by atoms with Crippen molar-refractivity contribution in [2.24, 2.45) is 0 Å². The largest absolute Gasteiger partial charge is 0.484 e. The second kappa shape index (κ2) is 10.4. The molecule has 8 nitrogen and oxygen atoms in total. The predicted octanol–water partition coefficient (Wildman–Crippen LogP) is 3.78. The Morgan fingerprint density at radius 3 is 2.69 bits per heavy atom. The minimum absolute atomic E-state index is 0.0576. The van der Waals surface area contributed by atoms with E-state index in [1.54, 1.807) is 36.0 Å². The van der Waals surface area contributed by atoms with Crippen LogP contribution in [0.2, 0.25) is 5.02 Å². The molecule has 4 rings (SSSR count). The van der Waals surface area contributed by atoms with Gasteiger partial charge in [0, 0.05) is 29.9 Å². The zero-order valence-corrected chi connectivity index (χ0v) is 19.8. The van der Waals surface area contributed by atoms with Crippen molar-refractivity contribution in [2.45, 2.75) is 43.6 Å². The first-order valence-electron chi connectivity index (χ1n) is 10.8. The molecule has 0 saturated carbocycles. The number of nitrogens with one attached hydrogen (secondary N) is 1. The first kappa shape index (κ1) is 22.7. The summed E-state index contributed by atoms with van der Waals surface area (Å²) in [6, 6.07) is 6.91. The maximum Gasteiger partial charge on any atom is 0.258 e. The monoisotopic (exact) mass is 474 g/mol. The molecule has 0 bridgehead atoms. The van der Waals surface area contributed by atoms with E-state index in [2.05, 4.69) is 29.2 Å². The molecule has 0 atom stereocenters. The zero-order valence-electron chi connectivity index (χ0n) is 18.3. The molecule has 170 valence electrons. The second-order valence-corrected chi connectivity index (χ2v) is 9.87. The summed E-state index contributed by atoms with van der Waals surface area (Å²) in [7, 11) is 0. The lowest BCUT2D eigenvalue weighted by Gasteiger charge is -2.18. The van der Waals surface area contributed by atoms with Gasteiger partial charge in [-0.1, -0.05) is 37.2 Å². The fraction of sp³-hybridized carbons (Fsp3) is 0.455. The molecule has 1 fully saturated rings. The summed E-state index contributed by atoms with van der Waals surface area (Å²) in [5.41, 5.74) is 0.803. The van der Waals surface area contributed by atoms with Crippen molar-refractivity contribution in [1.82, 2.24) is 25.1 Å². The van der Waals surface area contributed by atoms with Gasteiger partial charge in [0.05, 0.1) is 18.1 Å². The van der Waals surface area contributed by atoms with Gasteiger partial charge in [-0.25, -0.2) is 14.6 Å². The van der Waals surface area contributed by atoms with Crippen molar-refractivity contribution in [1.29, 1.82) is 0 Å². The van der Waals surface area contributed by atoms with Crippen molar-refractivity contribution in [3.63, 3.8) is 0 Å². The maximum atomic E-state index is 12.2. The average Bonchev–Trinajstić information content (AvgIpc) is 3.43. The summed E-state index contributed by atoms with van der Waals surface area (Å²) in [6.07, 6.45) is 4.19. The minimum Gasteiger partial charge on any atom is -0.484 e. The number of hydrogen-bond acceptors (Lipinski definition) is 7. The molecule has 0 aliphatic carbocycles. The molecule has 3 aromatic rings. The maximum absolute atomic E-state index is 12.2. The third-order valence-corrected chi connectivity index (χ3v) is 6.15. The van der Waals surface area contributed by atoms with E-state index in [1.807, 2.05) is 10.9 Å². The number of amides is 1. The number of hydrogen-bond donors (Lipinski definition) is 1. The van der Waals surface area contributed by atoms with E-state index in [0.717, 1.165) is 35.1 Å². The van der Waals surface area contributed by atoms with Gasteiger partial charge in [0.15, 0.2) is 17.4 Å². The standard InChI is InChI=1S/C22H27ClN6O2S/c1-15(2)32-22-26-20(28-10-3-4-11-28)18-13-25-29(21(18)27-22)12-9-24-19(30)14-31-17-7-5-16(23)6-8-17/h5-8,13,15H,3-4,9-12,14H2,1-2H3,(H,24,30). The van der Waals surface area contributed by atoms with Gasteiger partial charge in [-0.05, 0) is 37.1 Å². The van der Waals surface area contributed by atoms with Crippen LogP contribution < -0.4 is 15.0 Å². The van der Waals surface area contributed by atoms with Gasteiger partial charge < -0.3 is 15.0 Å². The third-order valence-electron chi connectivity index (χ3n) is 5.03. The van der Waals surface area contributed by atoms with Gasteiger partial charge in [-0.3, -0.25) is 4.79 Å². The van der Waals surface area contributed by atoms with Crippen LogP contribution in [0.3, 0.4) is 0 Å². The first-order chi connectivity index (χ1) is 15.5. The SMILES string of the molecule is CC(C)Sc1nc(N2CCCC2)c2cnn(CCNC(=O)COc3ccc(Cl)cc3)c2n1. The smallest absolute Gasteiger partial charge is 0.258 e. The van der Waals surface area contributed by atoms with E-state index >= 15 is 0 Å². The molecular formula is C22H27ClN6O2S. The topological polar surface area (TPSA) is 85.2 Å². The number of rotatable bonds is 9. The number of nitrogens with zero attached hydrogens (tertiary/aromatic N) is 5. The number of anilines is 1. The Balaban J connectivity index is 1.40. The van der Waals surface area contributed by atoms with Crippen molar-refractivity contribution >= 4 is 46.1 Å². The molecule has 0 spiro atoms. The van der Waals surface area contributed by atoms with Crippen LogP contribution in [0.15, 0.2) is 35.6 Å². The van der Waals surface area contributed by atoms with Crippen LogP contribution in [0.1, 0.15) is 26.7 Å². The number of fused-ring (bicyclic) bond motifs is 1. The van der Waals surface area contributed by atoms with Gasteiger partial charge in [0.2, 0.25) is 0 Å². The molecule has 10 heteroatoms. The minimum atomic E-state index is -0.195. The van der Waals surface area contributed by atoms with Crippen molar-refractivity contribution in [3.8, 4) is 5.75 Å². The Labute approximate surface area is 196 Å². The Kier molecular flexibility index (Phi) is 7.36. The summed E-state index contributed by atoms with van der Waals surface area (Å²) in [4.78, 5) is 24.1. The van der Waals surface area contributed by atoms with Gasteiger partial charge >= 0.3 is 0 Å². The van der Waals surface area contributed by atoms with E-state index in [-0.39, 0.29) is 12.5 Å². The van der Waals surface area contributed by atoms with E-state index in [0.29, 0.717) is 29.1 Å². The average molecular weight is 475 g/mol. The lowest BCUT2D eigenvalue weighted by atomic mass is 10.3. The highest BCUT2D eigenvalue weighted by atomic mass is 35.5.